The molecular formula is C25H29NOS. The van der Waals surface area contributed by atoms with E-state index in [9.17, 15) is 5.11 Å². The molecule has 0 aliphatic carbocycles. The fourth-order valence-corrected chi connectivity index (χ4v) is 4.30. The average molecular weight is 392 g/mol. The summed E-state index contributed by atoms with van der Waals surface area (Å²) in [7, 11) is 0. The molecule has 0 aliphatic heterocycles. The molecule has 1 N–H and O–H groups in total. The lowest BCUT2D eigenvalue weighted by molar-refractivity contribution is 0.0639. The van der Waals surface area contributed by atoms with Crippen LogP contribution in [0.3, 0.4) is 0 Å². The molecule has 0 bridgehead atoms. The smallest absolute Gasteiger partial charge is 0.0783 e. The predicted octanol–water partition coefficient (Wildman–Crippen LogP) is 5.37. The molecule has 0 aliphatic rings. The Bertz CT molecular complexity index is 753. The highest BCUT2D eigenvalue weighted by Crippen LogP contribution is 2.19. The lowest BCUT2D eigenvalue weighted by Crippen LogP contribution is -2.42. The van der Waals surface area contributed by atoms with Crippen LogP contribution in [0.5, 0.6) is 0 Å². The summed E-state index contributed by atoms with van der Waals surface area (Å²) in [5.74, 6) is 1.66. The van der Waals surface area contributed by atoms with Gasteiger partial charge in [0.1, 0.15) is 0 Å². The first-order valence-electron chi connectivity index (χ1n) is 9.84. The summed E-state index contributed by atoms with van der Waals surface area (Å²) >= 11 is 1.80. The van der Waals surface area contributed by atoms with E-state index in [2.05, 4.69) is 84.6 Å². The summed E-state index contributed by atoms with van der Waals surface area (Å²) in [6.45, 7) is 3.80. The van der Waals surface area contributed by atoms with Crippen LogP contribution in [-0.4, -0.2) is 27.9 Å². The van der Waals surface area contributed by atoms with Gasteiger partial charge in [-0.25, -0.2) is 0 Å². The van der Waals surface area contributed by atoms with Gasteiger partial charge in [-0.15, -0.1) is 0 Å². The number of hydrogen-bond donors (Lipinski definition) is 1. The monoisotopic (exact) mass is 391 g/mol. The Hall–Kier alpha value is -2.07. The Kier molecular flexibility index (Phi) is 8.16. The van der Waals surface area contributed by atoms with E-state index in [1.165, 1.54) is 16.7 Å². The third kappa shape index (κ3) is 6.52. The largest absolute Gasteiger partial charge is 0.391 e. The van der Waals surface area contributed by atoms with Gasteiger partial charge in [0, 0.05) is 30.6 Å². The molecule has 3 aromatic rings. The maximum Gasteiger partial charge on any atom is 0.0783 e. The molecule has 0 amide bonds. The van der Waals surface area contributed by atoms with Crippen molar-refractivity contribution < 1.29 is 5.11 Å². The molecule has 28 heavy (non-hydrogen) atoms. The normalized spacial score (nSPS) is 13.4. The molecule has 2 nitrogen and oxygen atoms in total. The SMILES string of the molecule is C[C@@H]([C@H](O)CSCc1ccccc1)N(Cc1ccccc1)Cc1ccccc1. The summed E-state index contributed by atoms with van der Waals surface area (Å²) in [6, 6.07) is 31.5. The van der Waals surface area contributed by atoms with Gasteiger partial charge in [-0.2, -0.15) is 11.8 Å². The Morgan fingerprint density at radius 1 is 0.714 bits per heavy atom. The van der Waals surface area contributed by atoms with Crippen molar-refractivity contribution in [3.8, 4) is 0 Å². The maximum absolute atomic E-state index is 10.9. The van der Waals surface area contributed by atoms with Gasteiger partial charge in [-0.1, -0.05) is 91.0 Å². The third-order valence-corrected chi connectivity index (χ3v) is 6.10. The van der Waals surface area contributed by atoms with E-state index in [-0.39, 0.29) is 12.1 Å². The molecule has 0 unspecified atom stereocenters. The van der Waals surface area contributed by atoms with Crippen molar-refractivity contribution in [2.45, 2.75) is 37.9 Å². The number of thioether (sulfide) groups is 1. The van der Waals surface area contributed by atoms with Gasteiger partial charge in [-0.3, -0.25) is 4.90 Å². The van der Waals surface area contributed by atoms with E-state index >= 15 is 0 Å². The molecule has 146 valence electrons. The minimum Gasteiger partial charge on any atom is -0.391 e. The van der Waals surface area contributed by atoms with E-state index in [0.29, 0.717) is 0 Å². The minimum atomic E-state index is -0.374. The first kappa shape index (κ1) is 20.7. The standard InChI is InChI=1S/C25H29NOS/c1-21(25(27)20-28-19-24-15-9-4-10-16-24)26(17-22-11-5-2-6-12-22)18-23-13-7-3-8-14-23/h2-16,21,25,27H,17-20H2,1H3/t21-,25+/m0/s1. The zero-order valence-electron chi connectivity index (χ0n) is 16.4. The molecule has 2 atom stereocenters. The van der Waals surface area contributed by atoms with Gasteiger partial charge in [0.05, 0.1) is 6.10 Å². The predicted molar refractivity (Wildman–Crippen MR) is 120 cm³/mol. The first-order chi connectivity index (χ1) is 13.7. The zero-order chi connectivity index (χ0) is 19.6. The van der Waals surface area contributed by atoms with Crippen LogP contribution < -0.4 is 0 Å². The van der Waals surface area contributed by atoms with E-state index in [0.717, 1.165) is 24.6 Å². The first-order valence-corrected chi connectivity index (χ1v) is 11.0. The number of hydrogen-bond acceptors (Lipinski definition) is 3. The summed E-state index contributed by atoms with van der Waals surface area (Å²) in [6.07, 6.45) is -0.374. The van der Waals surface area contributed by atoms with Crippen LogP contribution in [-0.2, 0) is 18.8 Å². The van der Waals surface area contributed by atoms with Crippen molar-refractivity contribution in [3.63, 3.8) is 0 Å². The molecule has 0 saturated heterocycles. The summed E-state index contributed by atoms with van der Waals surface area (Å²) in [5.41, 5.74) is 3.85. The van der Waals surface area contributed by atoms with Crippen LogP contribution in [0.25, 0.3) is 0 Å². The van der Waals surface area contributed by atoms with E-state index < -0.39 is 0 Å². The van der Waals surface area contributed by atoms with Crippen molar-refractivity contribution in [1.29, 1.82) is 0 Å². The van der Waals surface area contributed by atoms with Gasteiger partial charge in [0.2, 0.25) is 0 Å². The van der Waals surface area contributed by atoms with Crippen molar-refractivity contribution in [1.82, 2.24) is 4.90 Å². The molecule has 0 fully saturated rings. The topological polar surface area (TPSA) is 23.5 Å². The van der Waals surface area contributed by atoms with Crippen molar-refractivity contribution >= 4 is 11.8 Å². The van der Waals surface area contributed by atoms with E-state index in [1.807, 2.05) is 18.2 Å². The maximum atomic E-state index is 10.9. The molecule has 3 aromatic carbocycles. The van der Waals surface area contributed by atoms with Gasteiger partial charge in [0.15, 0.2) is 0 Å². The second-order valence-corrected chi connectivity index (χ2v) is 8.22. The van der Waals surface area contributed by atoms with Crippen LogP contribution in [0.15, 0.2) is 91.0 Å². The Morgan fingerprint density at radius 3 is 1.61 bits per heavy atom. The van der Waals surface area contributed by atoms with Crippen LogP contribution in [0.1, 0.15) is 23.6 Å². The molecule has 3 heteroatoms. The fraction of sp³-hybridized carbons (Fsp3) is 0.280. The third-order valence-electron chi connectivity index (χ3n) is 4.99. The zero-order valence-corrected chi connectivity index (χ0v) is 17.3. The lowest BCUT2D eigenvalue weighted by Gasteiger charge is -2.32. The number of rotatable bonds is 10. The Balaban J connectivity index is 1.61. The van der Waals surface area contributed by atoms with E-state index in [1.54, 1.807) is 11.8 Å². The molecule has 0 saturated carbocycles. The Morgan fingerprint density at radius 2 is 1.14 bits per heavy atom. The molecule has 0 radical (unpaired) electrons. The number of aliphatic hydroxyl groups excluding tert-OH is 1. The summed E-state index contributed by atoms with van der Waals surface area (Å²) < 4.78 is 0. The quantitative estimate of drug-likeness (QED) is 0.502. The second-order valence-electron chi connectivity index (χ2n) is 7.18. The number of nitrogens with zero attached hydrogens (tertiary/aromatic N) is 1. The summed E-state index contributed by atoms with van der Waals surface area (Å²) in [5, 5.41) is 10.9. The fourth-order valence-electron chi connectivity index (χ4n) is 3.23. The molecule has 3 rings (SSSR count). The lowest BCUT2D eigenvalue weighted by atomic mass is 10.1. The van der Waals surface area contributed by atoms with Crippen LogP contribution in [0.2, 0.25) is 0 Å². The molecule has 0 heterocycles. The minimum absolute atomic E-state index is 0.0729. The van der Waals surface area contributed by atoms with Gasteiger partial charge >= 0.3 is 0 Å². The molecule has 0 aromatic heterocycles. The van der Waals surface area contributed by atoms with Crippen LogP contribution in [0.4, 0.5) is 0 Å². The van der Waals surface area contributed by atoms with Crippen LogP contribution in [0, 0.1) is 0 Å². The Labute approximate surface area is 173 Å². The highest BCUT2D eigenvalue weighted by atomic mass is 32.2. The number of benzene rings is 3. The van der Waals surface area contributed by atoms with Crippen molar-refractivity contribution in [2.75, 3.05) is 5.75 Å². The van der Waals surface area contributed by atoms with E-state index in [4.69, 9.17) is 0 Å². The number of aliphatic hydroxyl groups is 1. The van der Waals surface area contributed by atoms with Gasteiger partial charge < -0.3 is 5.11 Å². The highest BCUT2D eigenvalue weighted by molar-refractivity contribution is 7.98. The van der Waals surface area contributed by atoms with Gasteiger partial charge in [0.25, 0.3) is 0 Å². The average Bonchev–Trinajstić information content (AvgIpc) is 2.75. The summed E-state index contributed by atoms with van der Waals surface area (Å²) in [4.78, 5) is 2.37. The molecular weight excluding hydrogens is 362 g/mol. The molecule has 0 spiro atoms. The van der Waals surface area contributed by atoms with Gasteiger partial charge in [-0.05, 0) is 23.6 Å². The van der Waals surface area contributed by atoms with Crippen molar-refractivity contribution in [3.05, 3.63) is 108 Å². The van der Waals surface area contributed by atoms with Crippen LogP contribution >= 0.6 is 11.8 Å². The highest BCUT2D eigenvalue weighted by Gasteiger charge is 2.22. The second kappa shape index (κ2) is 11.1. The van der Waals surface area contributed by atoms with Crippen molar-refractivity contribution in [2.24, 2.45) is 0 Å².